The van der Waals surface area contributed by atoms with Crippen LogP contribution in [0.2, 0.25) is 0 Å². The topological polar surface area (TPSA) is 124 Å². The summed E-state index contributed by atoms with van der Waals surface area (Å²) in [6, 6.07) is 3.43. The number of carbonyl (C=O) groups excluding carboxylic acids is 1. The molecule has 2 N–H and O–H groups in total. The highest BCUT2D eigenvalue weighted by atomic mass is 32.3. The first-order valence-electron chi connectivity index (χ1n) is 5.48. The zero-order valence-corrected chi connectivity index (χ0v) is 10.8. The number of nitrogens with zero attached hydrogens (tertiary/aromatic N) is 2. The van der Waals surface area contributed by atoms with Crippen molar-refractivity contribution < 1.29 is 22.0 Å². The van der Waals surface area contributed by atoms with E-state index in [0.29, 0.717) is 0 Å². The standard InChI is InChI=1S/C10H10FN3O5S/c11-20(18,19)7-4-10(15)13(5-7)9-2-1-6(14(16)17)3-8(9)12/h1-3,7H,4-5,12H2. The molecule has 0 bridgehead atoms. The van der Waals surface area contributed by atoms with Crippen LogP contribution in [0, 0.1) is 10.1 Å². The minimum absolute atomic E-state index is 0.0514. The molecule has 1 unspecified atom stereocenters. The smallest absolute Gasteiger partial charge is 0.307 e. The summed E-state index contributed by atoms with van der Waals surface area (Å²) in [6.07, 6.45) is -0.477. The number of nitrogen functional groups attached to an aromatic ring is 1. The number of rotatable bonds is 3. The molecule has 1 heterocycles. The highest BCUT2D eigenvalue weighted by Gasteiger charge is 2.39. The summed E-state index contributed by atoms with van der Waals surface area (Å²) in [5.74, 6) is -0.600. The number of nitro groups is 1. The van der Waals surface area contributed by atoms with Gasteiger partial charge in [-0.15, -0.1) is 3.89 Å². The molecular weight excluding hydrogens is 293 g/mol. The van der Waals surface area contributed by atoms with E-state index in [1.54, 1.807) is 0 Å². The van der Waals surface area contributed by atoms with Gasteiger partial charge in [0.1, 0.15) is 5.25 Å². The van der Waals surface area contributed by atoms with Gasteiger partial charge in [0.2, 0.25) is 5.91 Å². The Morgan fingerprint density at radius 3 is 2.55 bits per heavy atom. The molecular formula is C10H10FN3O5S. The largest absolute Gasteiger partial charge is 0.397 e. The third-order valence-corrected chi connectivity index (χ3v) is 4.11. The SMILES string of the molecule is Nc1cc([N+](=O)[O-])ccc1N1CC(S(=O)(=O)F)CC1=O. The predicted molar refractivity (Wildman–Crippen MR) is 68.3 cm³/mol. The third-order valence-electron chi connectivity index (χ3n) is 3.00. The van der Waals surface area contributed by atoms with Crippen LogP contribution in [0.25, 0.3) is 0 Å². The monoisotopic (exact) mass is 303 g/mol. The van der Waals surface area contributed by atoms with E-state index in [1.165, 1.54) is 6.07 Å². The molecule has 0 saturated carbocycles. The number of carbonyl (C=O) groups is 1. The third kappa shape index (κ3) is 2.54. The van der Waals surface area contributed by atoms with Crippen molar-refractivity contribution in [3.8, 4) is 0 Å². The van der Waals surface area contributed by atoms with Crippen molar-refractivity contribution in [1.29, 1.82) is 0 Å². The summed E-state index contributed by atoms with van der Waals surface area (Å²) in [7, 11) is -4.82. The number of halogens is 1. The molecule has 2 rings (SSSR count). The second-order valence-electron chi connectivity index (χ2n) is 4.31. The fourth-order valence-corrected chi connectivity index (χ4v) is 2.67. The van der Waals surface area contributed by atoms with Crippen LogP contribution >= 0.6 is 0 Å². The van der Waals surface area contributed by atoms with Crippen molar-refractivity contribution in [3.63, 3.8) is 0 Å². The van der Waals surface area contributed by atoms with Crippen molar-refractivity contribution in [2.24, 2.45) is 0 Å². The Morgan fingerprint density at radius 1 is 1.45 bits per heavy atom. The fourth-order valence-electron chi connectivity index (χ4n) is 2.00. The van der Waals surface area contributed by atoms with Crippen molar-refractivity contribution >= 4 is 33.2 Å². The van der Waals surface area contributed by atoms with Crippen molar-refractivity contribution in [1.82, 2.24) is 0 Å². The molecule has 1 aromatic carbocycles. The Kier molecular flexibility index (Phi) is 3.34. The second-order valence-corrected chi connectivity index (χ2v) is 5.92. The molecule has 0 aliphatic carbocycles. The van der Waals surface area contributed by atoms with E-state index >= 15 is 0 Å². The quantitative estimate of drug-likeness (QED) is 0.377. The van der Waals surface area contributed by atoms with E-state index in [0.717, 1.165) is 17.0 Å². The molecule has 0 aromatic heterocycles. The van der Waals surface area contributed by atoms with E-state index < -0.39 is 32.7 Å². The first-order valence-corrected chi connectivity index (χ1v) is 6.92. The van der Waals surface area contributed by atoms with Gasteiger partial charge in [0, 0.05) is 25.1 Å². The number of benzene rings is 1. The average Bonchev–Trinajstić information content (AvgIpc) is 2.71. The van der Waals surface area contributed by atoms with Crippen LogP contribution in [-0.2, 0) is 15.0 Å². The molecule has 8 nitrogen and oxygen atoms in total. The second kappa shape index (κ2) is 4.71. The van der Waals surface area contributed by atoms with Crippen LogP contribution in [0.15, 0.2) is 18.2 Å². The van der Waals surface area contributed by atoms with Gasteiger partial charge in [0.05, 0.1) is 16.3 Å². The Morgan fingerprint density at radius 2 is 2.10 bits per heavy atom. The van der Waals surface area contributed by atoms with Gasteiger partial charge in [-0.05, 0) is 6.07 Å². The number of hydrogen-bond donors (Lipinski definition) is 1. The van der Waals surface area contributed by atoms with Crippen molar-refractivity contribution in [2.75, 3.05) is 17.2 Å². The lowest BCUT2D eigenvalue weighted by Gasteiger charge is -2.17. The predicted octanol–water partition coefficient (Wildman–Crippen LogP) is 0.582. The maximum Gasteiger partial charge on any atom is 0.307 e. The van der Waals surface area contributed by atoms with E-state index in [1.807, 2.05) is 0 Å². The lowest BCUT2D eigenvalue weighted by molar-refractivity contribution is -0.384. The molecule has 1 aliphatic heterocycles. The van der Waals surface area contributed by atoms with Crippen LogP contribution in [0.4, 0.5) is 20.9 Å². The molecule has 10 heteroatoms. The number of hydrogen-bond acceptors (Lipinski definition) is 6. The minimum atomic E-state index is -4.82. The minimum Gasteiger partial charge on any atom is -0.397 e. The molecule has 1 aliphatic rings. The van der Waals surface area contributed by atoms with Crippen molar-refractivity contribution in [2.45, 2.75) is 11.7 Å². The summed E-state index contributed by atoms with van der Waals surface area (Å²) >= 11 is 0. The van der Waals surface area contributed by atoms with Gasteiger partial charge in [-0.25, -0.2) is 0 Å². The Bertz CT molecular complexity index is 690. The van der Waals surface area contributed by atoms with Crippen LogP contribution in [-0.4, -0.2) is 31.0 Å². The maximum absolute atomic E-state index is 12.9. The molecule has 1 saturated heterocycles. The van der Waals surface area contributed by atoms with Gasteiger partial charge in [-0.1, -0.05) is 0 Å². The van der Waals surface area contributed by atoms with Gasteiger partial charge in [-0.2, -0.15) is 8.42 Å². The normalized spacial score (nSPS) is 19.4. The van der Waals surface area contributed by atoms with Gasteiger partial charge in [0.25, 0.3) is 5.69 Å². The van der Waals surface area contributed by atoms with E-state index in [9.17, 15) is 27.2 Å². The van der Waals surface area contributed by atoms with Crippen LogP contribution < -0.4 is 10.6 Å². The molecule has 1 aromatic rings. The zero-order chi connectivity index (χ0) is 15.1. The van der Waals surface area contributed by atoms with Gasteiger partial charge in [0.15, 0.2) is 0 Å². The van der Waals surface area contributed by atoms with Crippen LogP contribution in [0.5, 0.6) is 0 Å². The molecule has 1 amide bonds. The lowest BCUT2D eigenvalue weighted by atomic mass is 10.2. The lowest BCUT2D eigenvalue weighted by Crippen LogP contribution is -2.27. The first-order chi connectivity index (χ1) is 9.20. The number of nitro benzene ring substituents is 1. The first kappa shape index (κ1) is 14.2. The summed E-state index contributed by atoms with van der Waals surface area (Å²) < 4.78 is 34.5. The highest BCUT2D eigenvalue weighted by molar-refractivity contribution is 7.87. The number of anilines is 2. The Labute approximate surface area is 113 Å². The number of nitrogens with two attached hydrogens (primary N) is 1. The maximum atomic E-state index is 12.9. The summed E-state index contributed by atoms with van der Waals surface area (Å²) in [6.45, 7) is -0.361. The fraction of sp³-hybridized carbons (Fsp3) is 0.300. The Balaban J connectivity index is 2.33. The van der Waals surface area contributed by atoms with E-state index in [-0.39, 0.29) is 23.6 Å². The molecule has 108 valence electrons. The number of amides is 1. The molecule has 1 fully saturated rings. The van der Waals surface area contributed by atoms with E-state index in [4.69, 9.17) is 5.73 Å². The zero-order valence-electron chi connectivity index (χ0n) is 10.0. The van der Waals surface area contributed by atoms with Crippen LogP contribution in [0.3, 0.4) is 0 Å². The Hall–Kier alpha value is -2.23. The van der Waals surface area contributed by atoms with Crippen molar-refractivity contribution in [3.05, 3.63) is 28.3 Å². The average molecular weight is 303 g/mol. The van der Waals surface area contributed by atoms with Gasteiger partial charge >= 0.3 is 10.2 Å². The summed E-state index contributed by atoms with van der Waals surface area (Å²) in [5, 5.41) is 9.13. The molecule has 20 heavy (non-hydrogen) atoms. The summed E-state index contributed by atoms with van der Waals surface area (Å²) in [4.78, 5) is 22.6. The van der Waals surface area contributed by atoms with Crippen LogP contribution in [0.1, 0.15) is 6.42 Å². The molecule has 0 spiro atoms. The van der Waals surface area contributed by atoms with Gasteiger partial charge < -0.3 is 10.6 Å². The number of non-ortho nitro benzene ring substituents is 1. The van der Waals surface area contributed by atoms with Gasteiger partial charge in [-0.3, -0.25) is 14.9 Å². The molecule has 1 atom stereocenters. The summed E-state index contributed by atoms with van der Waals surface area (Å²) in [5.41, 5.74) is 5.44. The van der Waals surface area contributed by atoms with E-state index in [2.05, 4.69) is 0 Å². The highest BCUT2D eigenvalue weighted by Crippen LogP contribution is 2.32. The molecule has 0 radical (unpaired) electrons.